The van der Waals surface area contributed by atoms with E-state index in [9.17, 15) is 94.7 Å². The summed E-state index contributed by atoms with van der Waals surface area (Å²) >= 11 is 23.3. The van der Waals surface area contributed by atoms with Crippen LogP contribution >= 0.6 is 46.4 Å². The maximum Gasteiger partial charge on any atom is 0.435 e. The van der Waals surface area contributed by atoms with E-state index in [1.54, 1.807) is 114 Å². The Kier molecular flexibility index (Phi) is 39.8. The molecule has 1 unspecified atom stereocenters. The van der Waals surface area contributed by atoms with Gasteiger partial charge >= 0.3 is 60.9 Å². The molecule has 0 bridgehead atoms. The van der Waals surface area contributed by atoms with Crippen LogP contribution in [-0.4, -0.2) is 241 Å². The molecule has 6 N–H and O–H groups in total. The molecule has 10 heterocycles. The highest BCUT2D eigenvalue weighted by Gasteiger charge is 2.66. The smallest absolute Gasteiger partial charge is 0.435 e. The zero-order valence-corrected chi connectivity index (χ0v) is 88.8. The van der Waals surface area contributed by atoms with Crippen LogP contribution in [0.1, 0.15) is 239 Å². The Balaban J connectivity index is 0.000000212. The Morgan fingerprint density at radius 3 is 1.32 bits per heavy atom. The molecule has 149 heavy (non-hydrogen) atoms. The number of carboxylic acid groups (broad SMARTS) is 1. The summed E-state index contributed by atoms with van der Waals surface area (Å²) in [6.07, 6.45) is -3.83. The maximum atomic E-state index is 13.0. The second-order valence-corrected chi connectivity index (χ2v) is 45.0. The third-order valence-corrected chi connectivity index (χ3v) is 24.4. The number of ether oxygens (including phenoxy) is 9. The molecular formula is C96H122Cl4F12N16O20S. The fourth-order valence-corrected chi connectivity index (χ4v) is 14.5. The minimum atomic E-state index is -4.29. The quantitative estimate of drug-likeness (QED) is 0.0123. The van der Waals surface area contributed by atoms with Crippen LogP contribution in [0.3, 0.4) is 0 Å². The van der Waals surface area contributed by atoms with Gasteiger partial charge in [-0.05, 0) is 262 Å². The van der Waals surface area contributed by atoms with Crippen molar-refractivity contribution in [1.82, 2.24) is 69.3 Å². The molecule has 7 aliphatic rings. The normalized spacial score (nSPS) is 17.2. The Hall–Kier alpha value is -11.5. The van der Waals surface area contributed by atoms with Crippen molar-refractivity contribution in [2.24, 2.45) is 38.1 Å². The third-order valence-electron chi connectivity index (χ3n) is 22.5. The first-order valence-electron chi connectivity index (χ1n) is 46.5. The number of esters is 2. The Labute approximate surface area is 872 Å². The summed E-state index contributed by atoms with van der Waals surface area (Å²) in [6.45, 7) is 33.0. The standard InChI is InChI=1S/C19H32N4O4S.C18H19ClF3N3O3.C14H14ClN3O3.C13H17F3N2O3.C10H11Cl2NO2.C9H13NO3.C8H9F3N2O.C5H7F3O/c1-18(2,3)27-17(24)23-13-14(12-19(23,4)5)8-7-11-21-15-9-6-10-16(22-15)28(20,25)26;1-16(2,3)28-15(26)11-4-5-12(23-14(11)19)25-9-6-13(24-25)27-10-17(7-8-17)18(20,21)22;1-14(5-6-14)8-21-11-4-7-18(17-11)10-3-2-9(13(19)20)12(15)16-10;1-11(2,3)21-10(19)18-7-4-9(17-18)20-8-12(5-6-12)13(14,15)16;1-10(2,3)15-9(14)6-4-5-7(11)13-8(6)12;1-9(2,3)13-8(12)10-5-4-7(11)6-10;9-8(10,11)7(2-3-7)5-14-6-1-4-12-13-6;6-5(7,8)4(3-9)1-2-4/h6,9-10,14H,7-8,11-13H2,1-5H3,(H,21,22)(H2,20,25,26);4-6,9H,7-8,10H2,1-3H3;2-4,7H,5-6,8H2,1H3,(H,19,20);4,7H,5-6,8H2,1-3H3;4-5H,1-3H3;4-5H,6H2,1-3H3;1,4H,2-3,5H2,(H,12,13);9H,1-3H2. The number of rotatable bonds is 24. The number of H-pyrrole nitrogens is 1. The molecule has 0 radical (unpaired) electrons. The molecular weight excluding hydrogens is 2100 g/mol. The summed E-state index contributed by atoms with van der Waals surface area (Å²) in [6, 6.07) is 19.6. The topological polar surface area (TPSA) is 455 Å². The molecule has 5 saturated carbocycles. The lowest BCUT2D eigenvalue weighted by Crippen LogP contribution is -2.45. The zero-order valence-electron chi connectivity index (χ0n) is 85.0. The van der Waals surface area contributed by atoms with Crippen LogP contribution in [0.2, 0.25) is 20.6 Å². The number of aromatic amines is 1. The monoisotopic (exact) mass is 2220 g/mol. The average molecular weight is 2220 g/mol. The molecule has 8 aromatic rings. The van der Waals surface area contributed by atoms with Gasteiger partial charge in [-0.2, -0.15) is 62.5 Å². The number of amides is 2. The van der Waals surface area contributed by atoms with Gasteiger partial charge in [0.05, 0.1) is 48.1 Å². The van der Waals surface area contributed by atoms with Crippen LogP contribution in [0.5, 0.6) is 23.5 Å². The first-order chi connectivity index (χ1) is 68.4. The minimum absolute atomic E-state index is 0.0311. The summed E-state index contributed by atoms with van der Waals surface area (Å²) in [5, 5.41) is 43.5. The number of aromatic carboxylic acids is 1. The second-order valence-electron chi connectivity index (χ2n) is 42.1. The van der Waals surface area contributed by atoms with Crippen molar-refractivity contribution in [3.05, 3.63) is 153 Å². The highest BCUT2D eigenvalue weighted by Crippen LogP contribution is 2.60. The van der Waals surface area contributed by atoms with Crippen LogP contribution in [0.25, 0.3) is 11.6 Å². The number of sulfonamides is 1. The predicted octanol–water partition coefficient (Wildman–Crippen LogP) is 21.9. The molecule has 1 atom stereocenters. The van der Waals surface area contributed by atoms with E-state index >= 15 is 0 Å². The number of aliphatic hydroxyl groups excluding tert-OH is 1. The second kappa shape index (κ2) is 48.4. The number of hydrogen-bond acceptors (Lipinski definition) is 28. The number of aliphatic hydroxyl groups is 1. The summed E-state index contributed by atoms with van der Waals surface area (Å²) in [7, 11) is -3.81. The van der Waals surface area contributed by atoms with E-state index in [1.807, 2.05) is 25.7 Å². The number of anilines is 1. The first-order valence-corrected chi connectivity index (χ1v) is 49.6. The lowest BCUT2D eigenvalue weighted by Gasteiger charge is -2.33. The van der Waals surface area contributed by atoms with Crippen molar-refractivity contribution in [3.8, 4) is 35.2 Å². The minimum Gasteiger partial charge on any atom is -0.478 e. The maximum absolute atomic E-state index is 13.0. The van der Waals surface area contributed by atoms with Gasteiger partial charge in [0.1, 0.15) is 90.5 Å². The number of carboxylic acids is 1. The number of nitrogens with two attached hydrogens (primary N) is 1. The molecule has 36 nitrogen and oxygen atoms in total. The van der Waals surface area contributed by atoms with E-state index in [4.69, 9.17) is 104 Å². The summed E-state index contributed by atoms with van der Waals surface area (Å²) in [5.74, 6) is 0.111. The van der Waals surface area contributed by atoms with Gasteiger partial charge in [0, 0.05) is 73.1 Å². The number of nitrogens with one attached hydrogen (secondary N) is 2. The van der Waals surface area contributed by atoms with Gasteiger partial charge in [0.2, 0.25) is 23.5 Å². The van der Waals surface area contributed by atoms with Gasteiger partial charge in [0.15, 0.2) is 22.4 Å². The average Bonchev–Trinajstić information content (AvgIpc) is 1.61. The van der Waals surface area contributed by atoms with Crippen molar-refractivity contribution >= 4 is 104 Å². The Morgan fingerprint density at radius 2 is 0.926 bits per heavy atom. The fourth-order valence-electron chi connectivity index (χ4n) is 13.1. The zero-order chi connectivity index (χ0) is 112. The first kappa shape index (κ1) is 123. The van der Waals surface area contributed by atoms with Crippen molar-refractivity contribution in [3.63, 3.8) is 0 Å². The summed E-state index contributed by atoms with van der Waals surface area (Å²) in [5.41, 5.74) is -9.46. The van der Waals surface area contributed by atoms with Crippen molar-refractivity contribution in [2.45, 2.75) is 271 Å². The van der Waals surface area contributed by atoms with Crippen molar-refractivity contribution < 1.29 is 148 Å². The SMILES string of the molecule is CC(C)(C)OC(=O)N1C=CC(=O)C1.CC(C)(C)OC(=O)N1CC(CCCNc2cccc(S(N)(=O)=O)n2)CC1(C)C.CC(C)(C)OC(=O)c1ccc(-n2ccc(OCC3(C(F)(F)F)CC3)n2)nc1Cl.CC(C)(C)OC(=O)c1ccc(Cl)nc1Cl.CC(C)(C)OC(=O)n1ccc(OCC2(C(F)(F)F)CC2)n1.CC1(COc2ccn(-c3ccc(C(=O)O)c(Cl)n3)n2)CC1.FC(F)(F)C1(COc2ccn[nH]2)CC1.OCC1(C(F)(F)F)CC1. The van der Waals surface area contributed by atoms with Crippen LogP contribution in [0, 0.1) is 33.0 Å². The van der Waals surface area contributed by atoms with Crippen LogP contribution in [0.4, 0.5) is 72.9 Å². The van der Waals surface area contributed by atoms with Gasteiger partial charge in [0.25, 0.3) is 10.0 Å². The van der Waals surface area contributed by atoms with Gasteiger partial charge in [-0.15, -0.1) is 15.3 Å². The number of pyridine rings is 4. The third kappa shape index (κ3) is 38.4. The fraction of sp³-hybridized carbons (Fsp3) is 0.573. The number of carbonyl (C=O) groups excluding carboxylic acids is 6. The van der Waals surface area contributed by atoms with E-state index in [1.165, 1.54) is 113 Å². The molecule has 5 aliphatic carbocycles. The van der Waals surface area contributed by atoms with Gasteiger partial charge in [-0.25, -0.2) is 76.7 Å². The largest absolute Gasteiger partial charge is 0.478 e. The van der Waals surface area contributed by atoms with E-state index < -0.39 is 134 Å². The lowest BCUT2D eigenvalue weighted by molar-refractivity contribution is -0.197. The van der Waals surface area contributed by atoms with Gasteiger partial charge < -0.3 is 63.1 Å². The molecule has 2 amide bonds. The van der Waals surface area contributed by atoms with Crippen molar-refractivity contribution in [2.75, 3.05) is 58.0 Å². The number of hydrogen-bond donors (Lipinski definition) is 5. The summed E-state index contributed by atoms with van der Waals surface area (Å²) in [4.78, 5) is 99.8. The highest BCUT2D eigenvalue weighted by atomic mass is 35.5. The molecule has 0 aromatic carbocycles. The number of halogens is 16. The predicted molar refractivity (Wildman–Crippen MR) is 520 cm³/mol. The van der Waals surface area contributed by atoms with Gasteiger partial charge in [-0.3, -0.25) is 9.69 Å². The number of ketones is 1. The summed E-state index contributed by atoms with van der Waals surface area (Å²) < 4.78 is 223. The number of alkyl halides is 12. The molecule has 15 rings (SSSR count). The molecule has 8 aromatic heterocycles. The number of aromatic nitrogens is 12. The number of nitrogens with zero attached hydrogens (tertiary/aromatic N) is 13. The van der Waals surface area contributed by atoms with Crippen LogP contribution in [-0.2, 0) is 38.5 Å². The van der Waals surface area contributed by atoms with E-state index in [0.29, 0.717) is 43.1 Å². The molecule has 824 valence electrons. The van der Waals surface area contributed by atoms with Crippen molar-refractivity contribution in [1.29, 1.82) is 0 Å². The molecule has 53 heteroatoms. The lowest BCUT2D eigenvalue weighted by atomic mass is 9.93. The van der Waals surface area contributed by atoms with Crippen LogP contribution in [0.15, 0.2) is 121 Å². The van der Waals surface area contributed by atoms with Gasteiger partial charge in [-0.1, -0.05) is 59.4 Å². The van der Waals surface area contributed by atoms with E-state index in [2.05, 4.69) is 71.5 Å². The van der Waals surface area contributed by atoms with E-state index in [-0.39, 0.29) is 153 Å². The molecule has 6 fully saturated rings. The van der Waals surface area contributed by atoms with Crippen LogP contribution < -0.4 is 29.4 Å². The number of carbonyl (C=O) groups is 7. The molecule has 0 spiro atoms. The molecule has 1 saturated heterocycles. The Morgan fingerprint density at radius 1 is 0.503 bits per heavy atom. The highest BCUT2D eigenvalue weighted by molar-refractivity contribution is 7.89. The molecule has 2 aliphatic heterocycles. The number of primary sulfonamides is 1. The Bertz CT molecular complexity index is 6070. The van der Waals surface area contributed by atoms with E-state index in [0.717, 1.165) is 23.9 Å². The number of likely N-dealkylation sites (tertiary alicyclic amines) is 1.